The number of carboxylic acid groups (broad SMARTS) is 1. The lowest BCUT2D eigenvalue weighted by atomic mass is 10.1. The molecule has 0 aromatic rings. The molecule has 79 heavy (non-hydrogen) atoms. The van der Waals surface area contributed by atoms with Gasteiger partial charge in [0.2, 0.25) is 0 Å². The first-order valence-corrected chi connectivity index (χ1v) is 34.5. The van der Waals surface area contributed by atoms with Crippen molar-refractivity contribution in [1.29, 1.82) is 0 Å². The summed E-state index contributed by atoms with van der Waals surface area (Å²) in [6.07, 6.45) is 43.7. The van der Waals surface area contributed by atoms with Crippen molar-refractivity contribution in [3.63, 3.8) is 0 Å². The topological polar surface area (TPSA) is 194 Å². The van der Waals surface area contributed by atoms with Crippen LogP contribution in [0.4, 0.5) is 0 Å². The van der Waals surface area contributed by atoms with Gasteiger partial charge in [-0.25, -0.2) is 0 Å². The van der Waals surface area contributed by atoms with E-state index >= 15 is 0 Å². The monoisotopic (exact) mass is 1120 g/mol. The molecule has 15 heteroatoms. The van der Waals surface area contributed by atoms with Gasteiger partial charge in [0.05, 0.1) is 80.5 Å². The first-order chi connectivity index (χ1) is 38.5. The molecule has 14 N–H and O–H groups in total. The van der Waals surface area contributed by atoms with E-state index in [1.54, 1.807) is 0 Å². The molecule has 0 aliphatic rings. The summed E-state index contributed by atoms with van der Waals surface area (Å²) < 4.78 is 0. The number of carboxylic acids is 1. The Morgan fingerprint density at radius 2 is 0.418 bits per heavy atom. The molecule has 0 aromatic heterocycles. The molecule has 474 valence electrons. The van der Waals surface area contributed by atoms with E-state index in [1.165, 1.54) is 83.5 Å². The van der Waals surface area contributed by atoms with Crippen LogP contribution in [-0.2, 0) is 4.79 Å². The number of hydrogen-bond acceptors (Lipinski definition) is 14. The van der Waals surface area contributed by atoms with Crippen molar-refractivity contribution in [2.45, 2.75) is 395 Å². The third-order valence-electron chi connectivity index (χ3n) is 15.3. The highest BCUT2D eigenvalue weighted by Crippen LogP contribution is 2.14. The Labute approximate surface area is 491 Å². The van der Waals surface area contributed by atoms with Crippen molar-refractivity contribution >= 4 is 5.97 Å². The summed E-state index contributed by atoms with van der Waals surface area (Å²) in [7, 11) is 0. The molecule has 0 fully saturated rings. The van der Waals surface area contributed by atoms with Gasteiger partial charge in [0.25, 0.3) is 0 Å². The van der Waals surface area contributed by atoms with E-state index in [0.29, 0.717) is 6.17 Å². The first kappa shape index (κ1) is 78.0. The molecule has 0 rings (SSSR count). The predicted molar refractivity (Wildman–Crippen MR) is 344 cm³/mol. The number of aliphatic carboxylic acids is 1. The van der Waals surface area contributed by atoms with Gasteiger partial charge in [-0.15, -0.1) is 0 Å². The van der Waals surface area contributed by atoms with Gasteiger partial charge in [0, 0.05) is 0 Å². The molecule has 0 saturated carbocycles. The minimum atomic E-state index is -0.830. The molecule has 0 aliphatic carbocycles. The Balaban J connectivity index is 6.01. The van der Waals surface area contributed by atoms with Crippen LogP contribution in [-0.4, -0.2) is 98.2 Å². The van der Waals surface area contributed by atoms with Crippen LogP contribution < -0.4 is 69.1 Å². The van der Waals surface area contributed by atoms with E-state index in [0.717, 1.165) is 154 Å². The fourth-order valence-electron chi connectivity index (χ4n) is 11.2. The highest BCUT2D eigenvalue weighted by atomic mass is 16.4. The van der Waals surface area contributed by atoms with Crippen LogP contribution in [0.3, 0.4) is 0 Å². The summed E-state index contributed by atoms with van der Waals surface area (Å²) >= 11 is 0. The molecule has 0 radical (unpaired) electrons. The lowest BCUT2D eigenvalue weighted by Gasteiger charge is -2.38. The normalized spacial score (nSPS) is 16.7. The van der Waals surface area contributed by atoms with E-state index < -0.39 is 5.97 Å². The summed E-state index contributed by atoms with van der Waals surface area (Å²) in [5, 5.41) is 61.1. The van der Waals surface area contributed by atoms with Crippen LogP contribution >= 0.6 is 0 Å². The lowest BCUT2D eigenvalue weighted by molar-refractivity contribution is -0.136. The van der Waals surface area contributed by atoms with Crippen LogP contribution in [0.15, 0.2) is 0 Å². The van der Waals surface area contributed by atoms with Gasteiger partial charge in [-0.05, 0) is 90.0 Å². The summed E-state index contributed by atoms with van der Waals surface area (Å²) in [5.41, 5.74) is 0. The van der Waals surface area contributed by atoms with Crippen LogP contribution in [0.25, 0.3) is 0 Å². The SMILES string of the molecule is CCCCCCCCCCCCCCNC(CCC)NC(CCC)NC(CCC)NC(CCC)NC(CCC)NC(CCC)NC(CCC)NC(CCC)NC(CCC)NC(CCC)NC(CCC)NC(CCC)NCC(=O)O. The summed E-state index contributed by atoms with van der Waals surface area (Å²) in [6.45, 7) is 30.7. The highest BCUT2D eigenvalue weighted by Gasteiger charge is 2.27. The van der Waals surface area contributed by atoms with Crippen molar-refractivity contribution in [3.8, 4) is 0 Å². The number of hydrogen-bond donors (Lipinski definition) is 14. The predicted octanol–water partition coefficient (Wildman–Crippen LogP) is 13.0. The van der Waals surface area contributed by atoms with E-state index in [-0.39, 0.29) is 74.4 Å². The Morgan fingerprint density at radius 1 is 0.241 bits per heavy atom. The smallest absolute Gasteiger partial charge is 0.317 e. The van der Waals surface area contributed by atoms with Gasteiger partial charge < -0.3 is 10.4 Å². The maximum atomic E-state index is 11.4. The number of nitrogens with one attached hydrogen (secondary N) is 13. The van der Waals surface area contributed by atoms with Crippen molar-refractivity contribution in [3.05, 3.63) is 0 Å². The van der Waals surface area contributed by atoms with Crippen LogP contribution in [0, 0.1) is 0 Å². The van der Waals surface area contributed by atoms with E-state index in [9.17, 15) is 9.90 Å². The van der Waals surface area contributed by atoms with Crippen LogP contribution in [0.2, 0.25) is 0 Å². The Morgan fingerprint density at radius 3 is 0.620 bits per heavy atom. The fraction of sp³-hybridized carbons (Fsp3) is 0.984. The van der Waals surface area contributed by atoms with Gasteiger partial charge in [-0.2, -0.15) is 0 Å². The average molecular weight is 1120 g/mol. The largest absolute Gasteiger partial charge is 0.480 e. The van der Waals surface area contributed by atoms with E-state index in [1.807, 2.05) is 0 Å². The first-order valence-electron chi connectivity index (χ1n) is 34.5. The molecule has 0 aromatic carbocycles. The second-order valence-corrected chi connectivity index (χ2v) is 23.5. The Kier molecular flexibility index (Phi) is 55.4. The van der Waals surface area contributed by atoms with Crippen molar-refractivity contribution < 1.29 is 9.90 Å². The van der Waals surface area contributed by atoms with Gasteiger partial charge in [-0.3, -0.25) is 68.6 Å². The molecular formula is C64H141N13O2. The average Bonchev–Trinajstić information content (AvgIpc) is 3.40. The lowest BCUT2D eigenvalue weighted by Crippen LogP contribution is -2.65. The Hall–Kier alpha value is -1.05. The molecular weight excluding hydrogens is 983 g/mol. The van der Waals surface area contributed by atoms with Gasteiger partial charge in [0.1, 0.15) is 0 Å². The number of rotatable bonds is 63. The third kappa shape index (κ3) is 44.1. The summed E-state index contributed by atoms with van der Waals surface area (Å²) in [6, 6.07) is 0. The highest BCUT2D eigenvalue weighted by molar-refractivity contribution is 5.69. The molecule has 0 heterocycles. The van der Waals surface area contributed by atoms with Crippen molar-refractivity contribution in [1.82, 2.24) is 69.1 Å². The van der Waals surface area contributed by atoms with Gasteiger partial charge in [-0.1, -0.05) is 238 Å². The second kappa shape index (κ2) is 56.1. The van der Waals surface area contributed by atoms with Gasteiger partial charge >= 0.3 is 5.97 Å². The van der Waals surface area contributed by atoms with Gasteiger partial charge in [0.15, 0.2) is 0 Å². The van der Waals surface area contributed by atoms with E-state index in [4.69, 9.17) is 0 Å². The van der Waals surface area contributed by atoms with Crippen LogP contribution in [0.5, 0.6) is 0 Å². The molecule has 15 nitrogen and oxygen atoms in total. The maximum Gasteiger partial charge on any atom is 0.317 e. The third-order valence-corrected chi connectivity index (χ3v) is 15.3. The van der Waals surface area contributed by atoms with E-state index in [2.05, 4.69) is 159 Å². The molecule has 0 spiro atoms. The molecule has 0 aliphatic heterocycles. The zero-order valence-corrected chi connectivity index (χ0v) is 54.7. The maximum absolute atomic E-state index is 11.4. The quantitative estimate of drug-likeness (QED) is 0.0203. The number of carbonyl (C=O) groups is 1. The minimum absolute atomic E-state index is 0.0508. The zero-order chi connectivity index (χ0) is 58.6. The van der Waals surface area contributed by atoms with Crippen molar-refractivity contribution in [2.24, 2.45) is 0 Å². The zero-order valence-electron chi connectivity index (χ0n) is 54.7. The fourth-order valence-corrected chi connectivity index (χ4v) is 11.2. The number of unbranched alkanes of at least 4 members (excludes halogenated alkanes) is 11. The second-order valence-electron chi connectivity index (χ2n) is 23.5. The standard InChI is InChI=1S/C64H141N13O2/c1-14-27-28-29-30-31-32-33-34-35-36-37-50-65-52(38-15-2)67-54(40-17-4)69-56(42-19-6)71-58(44-21-8)73-60(46-23-10)75-62(48-25-12)77-63(49-26-13)76-61(47-24-11)74-59(45-22-9)72-57(43-20-7)70-55(41-18-5)68-53(39-16-3)66-51-64(78)79/h52-63,65-77H,14-51H2,1-13H3,(H,78,79). The summed E-state index contributed by atoms with van der Waals surface area (Å²) in [5.74, 6) is -0.830. The van der Waals surface area contributed by atoms with Crippen LogP contribution in [0.1, 0.15) is 321 Å². The molecule has 12 unspecified atom stereocenters. The summed E-state index contributed by atoms with van der Waals surface area (Å²) in [4.78, 5) is 11.4. The molecule has 0 bridgehead atoms. The molecule has 0 amide bonds. The minimum Gasteiger partial charge on any atom is -0.480 e. The molecule has 0 saturated heterocycles. The Bertz CT molecular complexity index is 1280. The van der Waals surface area contributed by atoms with Crippen molar-refractivity contribution in [2.75, 3.05) is 13.1 Å². The molecule has 12 atom stereocenters.